The summed E-state index contributed by atoms with van der Waals surface area (Å²) in [6, 6.07) is 15.3. The van der Waals surface area contributed by atoms with Crippen molar-refractivity contribution in [2.45, 2.75) is 6.42 Å². The van der Waals surface area contributed by atoms with E-state index in [1.54, 1.807) is 31.4 Å². The van der Waals surface area contributed by atoms with Crippen LogP contribution in [0.4, 0.5) is 0 Å². The quantitative estimate of drug-likeness (QED) is 0.821. The number of ether oxygens (including phenoxy) is 1. The number of nitrogens with zero attached hydrogens (tertiary/aromatic N) is 2. The van der Waals surface area contributed by atoms with Crippen molar-refractivity contribution in [2.75, 3.05) is 39.8 Å². The Kier molecular flexibility index (Phi) is 5.95. The molecule has 0 unspecified atom stereocenters. The number of carbonyl (C=O) groups excluding carboxylic acids is 1. The summed E-state index contributed by atoms with van der Waals surface area (Å²) in [7, 11) is 1.68. The molecule has 0 radical (unpaired) electrons. The van der Waals surface area contributed by atoms with E-state index < -0.39 is 0 Å². The summed E-state index contributed by atoms with van der Waals surface area (Å²) in [5.74, 6) is 0.976. The highest BCUT2D eigenvalue weighted by Gasteiger charge is 2.21. The van der Waals surface area contributed by atoms with Crippen LogP contribution in [0.15, 0.2) is 48.5 Å². The third kappa shape index (κ3) is 4.74. The molecular formula is C20H23ClN2O2. The second kappa shape index (κ2) is 8.37. The number of halogens is 1. The smallest absolute Gasteiger partial charge is 0.253 e. The maximum absolute atomic E-state index is 12.5. The van der Waals surface area contributed by atoms with Crippen molar-refractivity contribution in [2.24, 2.45) is 0 Å². The molecule has 0 saturated carbocycles. The number of hydrogen-bond donors (Lipinski definition) is 0. The number of amides is 1. The lowest BCUT2D eigenvalue weighted by Crippen LogP contribution is -2.49. The molecule has 1 aliphatic heterocycles. The number of hydrogen-bond acceptors (Lipinski definition) is 3. The fourth-order valence-electron chi connectivity index (χ4n) is 3.03. The van der Waals surface area contributed by atoms with E-state index in [0.717, 1.165) is 44.9 Å². The highest BCUT2D eigenvalue weighted by atomic mass is 35.5. The predicted molar refractivity (Wildman–Crippen MR) is 100 cm³/mol. The summed E-state index contributed by atoms with van der Waals surface area (Å²) in [5, 5.41) is 0.653. The molecule has 1 amide bonds. The van der Waals surface area contributed by atoms with Crippen LogP contribution in [0.3, 0.4) is 0 Å². The summed E-state index contributed by atoms with van der Waals surface area (Å²) in [6.45, 7) is 4.37. The lowest BCUT2D eigenvalue weighted by molar-refractivity contribution is 0.0638. The fourth-order valence-corrected chi connectivity index (χ4v) is 3.16. The van der Waals surface area contributed by atoms with Crippen LogP contribution in [0.1, 0.15) is 15.9 Å². The molecule has 0 spiro atoms. The van der Waals surface area contributed by atoms with E-state index in [2.05, 4.69) is 17.0 Å². The Bertz CT molecular complexity index is 693. The number of piperazine rings is 1. The van der Waals surface area contributed by atoms with Gasteiger partial charge in [0.15, 0.2) is 0 Å². The molecule has 1 aliphatic rings. The Morgan fingerprint density at radius 1 is 1.00 bits per heavy atom. The van der Waals surface area contributed by atoms with E-state index in [1.807, 2.05) is 17.0 Å². The molecule has 0 N–H and O–H groups in total. The molecule has 1 fully saturated rings. The average molecular weight is 359 g/mol. The summed E-state index contributed by atoms with van der Waals surface area (Å²) in [5.41, 5.74) is 2.01. The van der Waals surface area contributed by atoms with E-state index in [4.69, 9.17) is 16.3 Å². The van der Waals surface area contributed by atoms with Gasteiger partial charge in [-0.25, -0.2) is 0 Å². The minimum atomic E-state index is 0.0893. The van der Waals surface area contributed by atoms with E-state index in [1.165, 1.54) is 5.56 Å². The highest BCUT2D eigenvalue weighted by molar-refractivity contribution is 6.30. The molecule has 1 heterocycles. The first-order valence-electron chi connectivity index (χ1n) is 8.56. The SMILES string of the molecule is COc1ccc(CCN2CCN(C(=O)c3ccc(Cl)cc3)CC2)cc1. The Labute approximate surface area is 154 Å². The van der Waals surface area contributed by atoms with Crippen molar-refractivity contribution in [3.8, 4) is 5.75 Å². The third-order valence-corrected chi connectivity index (χ3v) is 4.88. The summed E-state index contributed by atoms with van der Waals surface area (Å²) < 4.78 is 5.19. The molecule has 0 aromatic heterocycles. The molecule has 4 nitrogen and oxygen atoms in total. The van der Waals surface area contributed by atoms with Gasteiger partial charge < -0.3 is 9.64 Å². The number of methoxy groups -OCH3 is 1. The van der Waals surface area contributed by atoms with Crippen molar-refractivity contribution in [3.63, 3.8) is 0 Å². The van der Waals surface area contributed by atoms with Gasteiger partial charge in [0, 0.05) is 43.3 Å². The molecule has 3 rings (SSSR count). The lowest BCUT2D eigenvalue weighted by Gasteiger charge is -2.34. The van der Waals surface area contributed by atoms with Gasteiger partial charge in [0.25, 0.3) is 5.91 Å². The van der Waals surface area contributed by atoms with Crippen LogP contribution in [0, 0.1) is 0 Å². The third-order valence-electron chi connectivity index (χ3n) is 4.63. The monoisotopic (exact) mass is 358 g/mol. The molecule has 5 heteroatoms. The van der Waals surface area contributed by atoms with Crippen LogP contribution < -0.4 is 4.74 Å². The molecule has 25 heavy (non-hydrogen) atoms. The zero-order valence-electron chi connectivity index (χ0n) is 14.5. The van der Waals surface area contributed by atoms with Gasteiger partial charge in [-0.15, -0.1) is 0 Å². The largest absolute Gasteiger partial charge is 0.497 e. The van der Waals surface area contributed by atoms with Gasteiger partial charge in [-0.05, 0) is 48.4 Å². The van der Waals surface area contributed by atoms with Gasteiger partial charge >= 0.3 is 0 Å². The predicted octanol–water partition coefficient (Wildman–Crippen LogP) is 3.35. The number of rotatable bonds is 5. The zero-order valence-corrected chi connectivity index (χ0v) is 15.2. The van der Waals surface area contributed by atoms with Gasteiger partial charge in [0.05, 0.1) is 7.11 Å². The Morgan fingerprint density at radius 2 is 1.64 bits per heavy atom. The maximum Gasteiger partial charge on any atom is 0.253 e. The van der Waals surface area contributed by atoms with Crippen molar-refractivity contribution in [3.05, 3.63) is 64.7 Å². The van der Waals surface area contributed by atoms with E-state index in [0.29, 0.717) is 10.6 Å². The number of carbonyl (C=O) groups is 1. The molecule has 0 aliphatic carbocycles. The molecular weight excluding hydrogens is 336 g/mol. The highest BCUT2D eigenvalue weighted by Crippen LogP contribution is 2.14. The standard InChI is InChI=1S/C20H23ClN2O2/c1-25-19-8-2-16(3-9-19)10-11-22-12-14-23(15-13-22)20(24)17-4-6-18(21)7-5-17/h2-9H,10-15H2,1H3. The van der Waals surface area contributed by atoms with Gasteiger partial charge in [0.2, 0.25) is 0 Å². The molecule has 1 saturated heterocycles. The fraction of sp³-hybridized carbons (Fsp3) is 0.350. The van der Waals surface area contributed by atoms with Gasteiger partial charge in [-0.1, -0.05) is 23.7 Å². The second-order valence-electron chi connectivity index (χ2n) is 6.24. The second-order valence-corrected chi connectivity index (χ2v) is 6.68. The van der Waals surface area contributed by atoms with E-state index in [-0.39, 0.29) is 5.91 Å². The van der Waals surface area contributed by atoms with Crippen LogP contribution >= 0.6 is 11.6 Å². The van der Waals surface area contributed by atoms with Crippen LogP contribution in [0.5, 0.6) is 5.75 Å². The normalized spacial score (nSPS) is 15.2. The van der Waals surface area contributed by atoms with Gasteiger partial charge in [-0.2, -0.15) is 0 Å². The van der Waals surface area contributed by atoms with Gasteiger partial charge in [0.1, 0.15) is 5.75 Å². The minimum Gasteiger partial charge on any atom is -0.497 e. The van der Waals surface area contributed by atoms with Gasteiger partial charge in [-0.3, -0.25) is 9.69 Å². The maximum atomic E-state index is 12.5. The van der Waals surface area contributed by atoms with E-state index in [9.17, 15) is 4.79 Å². The first-order valence-corrected chi connectivity index (χ1v) is 8.93. The van der Waals surface area contributed by atoms with Crippen molar-refractivity contribution in [1.29, 1.82) is 0 Å². The van der Waals surface area contributed by atoms with Crippen LogP contribution in [0.25, 0.3) is 0 Å². The molecule has 2 aromatic carbocycles. The first-order chi connectivity index (χ1) is 12.2. The first kappa shape index (κ1) is 17.8. The lowest BCUT2D eigenvalue weighted by atomic mass is 10.1. The molecule has 0 bridgehead atoms. The molecule has 0 atom stereocenters. The topological polar surface area (TPSA) is 32.8 Å². The molecule has 2 aromatic rings. The average Bonchev–Trinajstić information content (AvgIpc) is 2.67. The Balaban J connectivity index is 1.46. The van der Waals surface area contributed by atoms with Crippen LogP contribution in [0.2, 0.25) is 5.02 Å². The van der Waals surface area contributed by atoms with Crippen LogP contribution in [-0.4, -0.2) is 55.5 Å². The van der Waals surface area contributed by atoms with E-state index >= 15 is 0 Å². The Morgan fingerprint density at radius 3 is 2.24 bits per heavy atom. The summed E-state index contributed by atoms with van der Waals surface area (Å²) >= 11 is 5.88. The van der Waals surface area contributed by atoms with Crippen molar-refractivity contribution in [1.82, 2.24) is 9.80 Å². The van der Waals surface area contributed by atoms with Crippen molar-refractivity contribution < 1.29 is 9.53 Å². The summed E-state index contributed by atoms with van der Waals surface area (Å²) in [6.07, 6.45) is 1.01. The summed E-state index contributed by atoms with van der Waals surface area (Å²) in [4.78, 5) is 16.8. The zero-order chi connectivity index (χ0) is 17.6. The van der Waals surface area contributed by atoms with Crippen LogP contribution in [-0.2, 0) is 6.42 Å². The Hall–Kier alpha value is -2.04. The van der Waals surface area contributed by atoms with Crippen molar-refractivity contribution >= 4 is 17.5 Å². The minimum absolute atomic E-state index is 0.0893. The number of benzene rings is 2. The molecule has 132 valence electrons.